The molecular formula is C10H17NO2. The summed E-state index contributed by atoms with van der Waals surface area (Å²) in [6.07, 6.45) is -0.629. The Kier molecular flexibility index (Phi) is 5.93. The third-order valence-corrected chi connectivity index (χ3v) is 1.50. The van der Waals surface area contributed by atoms with E-state index < -0.39 is 6.10 Å². The molecule has 0 heterocycles. The van der Waals surface area contributed by atoms with Crippen molar-refractivity contribution in [2.45, 2.75) is 20.0 Å². The zero-order chi connectivity index (χ0) is 10.3. The fourth-order valence-electron chi connectivity index (χ4n) is 0.833. The summed E-state index contributed by atoms with van der Waals surface area (Å²) in [7, 11) is 0. The molecule has 0 amide bonds. The van der Waals surface area contributed by atoms with E-state index >= 15 is 0 Å². The van der Waals surface area contributed by atoms with Crippen LogP contribution in [0, 0.1) is 0 Å². The summed E-state index contributed by atoms with van der Waals surface area (Å²) in [5.41, 5.74) is 5.96. The van der Waals surface area contributed by atoms with Crippen LogP contribution in [0.2, 0.25) is 0 Å². The molecule has 1 unspecified atom stereocenters. The molecule has 0 bridgehead atoms. The Balaban J connectivity index is 0.000000671. The maximum Gasteiger partial charge on any atom is 0.115 e. The van der Waals surface area contributed by atoms with Gasteiger partial charge in [-0.15, -0.1) is 0 Å². The van der Waals surface area contributed by atoms with E-state index in [1.54, 1.807) is 12.1 Å². The van der Waals surface area contributed by atoms with Gasteiger partial charge in [-0.2, -0.15) is 0 Å². The van der Waals surface area contributed by atoms with Gasteiger partial charge in [0.25, 0.3) is 0 Å². The summed E-state index contributed by atoms with van der Waals surface area (Å²) in [5.74, 6) is 0.193. The van der Waals surface area contributed by atoms with Crippen LogP contribution in [0.3, 0.4) is 0 Å². The van der Waals surface area contributed by atoms with Gasteiger partial charge in [-0.25, -0.2) is 0 Å². The molecule has 0 aliphatic rings. The molecule has 1 aromatic rings. The quantitative estimate of drug-likeness (QED) is 0.649. The number of hydrogen-bond donors (Lipinski definition) is 3. The van der Waals surface area contributed by atoms with Gasteiger partial charge in [0, 0.05) is 6.54 Å². The van der Waals surface area contributed by atoms with E-state index in [0.717, 1.165) is 5.56 Å². The Morgan fingerprint density at radius 3 is 2.08 bits per heavy atom. The Morgan fingerprint density at radius 2 is 1.69 bits per heavy atom. The van der Waals surface area contributed by atoms with Crippen LogP contribution in [0.5, 0.6) is 5.75 Å². The molecule has 1 atom stereocenters. The van der Waals surface area contributed by atoms with E-state index in [2.05, 4.69) is 0 Å². The number of rotatable bonds is 2. The fraction of sp³-hybridized carbons (Fsp3) is 0.400. The molecule has 0 saturated carbocycles. The lowest BCUT2D eigenvalue weighted by Crippen LogP contribution is -2.10. The zero-order valence-corrected chi connectivity index (χ0v) is 8.07. The first-order valence-electron chi connectivity index (χ1n) is 4.41. The molecule has 13 heavy (non-hydrogen) atoms. The van der Waals surface area contributed by atoms with Crippen molar-refractivity contribution in [3.05, 3.63) is 29.8 Å². The average molecular weight is 183 g/mol. The molecule has 0 aliphatic carbocycles. The third kappa shape index (κ3) is 3.92. The Morgan fingerprint density at radius 1 is 1.23 bits per heavy atom. The molecule has 0 aromatic heterocycles. The van der Waals surface area contributed by atoms with E-state index in [4.69, 9.17) is 10.8 Å². The zero-order valence-electron chi connectivity index (χ0n) is 8.07. The Bertz CT molecular complexity index is 221. The van der Waals surface area contributed by atoms with Gasteiger partial charge in [0.05, 0.1) is 6.10 Å². The molecular weight excluding hydrogens is 166 g/mol. The first-order chi connectivity index (χ1) is 6.24. The first kappa shape index (κ1) is 11.9. The highest BCUT2D eigenvalue weighted by Gasteiger charge is 2.02. The molecule has 0 saturated heterocycles. The lowest BCUT2D eigenvalue weighted by Gasteiger charge is -2.06. The fourth-order valence-corrected chi connectivity index (χ4v) is 0.833. The number of aromatic hydroxyl groups is 1. The normalized spacial score (nSPS) is 11.4. The number of aliphatic hydroxyl groups excluding tert-OH is 1. The summed E-state index contributed by atoms with van der Waals surface area (Å²) >= 11 is 0. The number of phenols is 1. The van der Waals surface area contributed by atoms with E-state index in [0.29, 0.717) is 0 Å². The summed E-state index contributed by atoms with van der Waals surface area (Å²) < 4.78 is 0. The van der Waals surface area contributed by atoms with Crippen molar-refractivity contribution in [2.75, 3.05) is 6.54 Å². The van der Waals surface area contributed by atoms with Crippen molar-refractivity contribution >= 4 is 0 Å². The highest BCUT2D eigenvalue weighted by molar-refractivity contribution is 5.27. The SMILES string of the molecule is CC.NCC(O)c1ccc(O)cc1. The Hall–Kier alpha value is -1.06. The first-order valence-corrected chi connectivity index (χ1v) is 4.41. The van der Waals surface area contributed by atoms with Gasteiger partial charge in [-0.3, -0.25) is 0 Å². The topological polar surface area (TPSA) is 66.5 Å². The van der Waals surface area contributed by atoms with Crippen LogP contribution < -0.4 is 5.73 Å². The van der Waals surface area contributed by atoms with Crippen LogP contribution in [0.4, 0.5) is 0 Å². The van der Waals surface area contributed by atoms with Crippen LogP contribution in [-0.4, -0.2) is 16.8 Å². The highest BCUT2D eigenvalue weighted by atomic mass is 16.3. The van der Waals surface area contributed by atoms with Crippen molar-refractivity contribution in [2.24, 2.45) is 5.73 Å². The molecule has 3 heteroatoms. The molecule has 1 aromatic carbocycles. The van der Waals surface area contributed by atoms with Gasteiger partial charge >= 0.3 is 0 Å². The minimum absolute atomic E-state index is 0.193. The van der Waals surface area contributed by atoms with Crippen LogP contribution in [0.15, 0.2) is 24.3 Å². The van der Waals surface area contributed by atoms with E-state index in [-0.39, 0.29) is 12.3 Å². The predicted molar refractivity (Wildman–Crippen MR) is 53.5 cm³/mol. The number of phenolic OH excluding ortho intramolecular Hbond substituents is 1. The molecule has 0 spiro atoms. The summed E-state index contributed by atoms with van der Waals surface area (Å²) in [6, 6.07) is 6.34. The van der Waals surface area contributed by atoms with Crippen molar-refractivity contribution in [1.82, 2.24) is 0 Å². The van der Waals surface area contributed by atoms with E-state index in [1.807, 2.05) is 13.8 Å². The smallest absolute Gasteiger partial charge is 0.115 e. The van der Waals surface area contributed by atoms with Crippen molar-refractivity contribution in [3.8, 4) is 5.75 Å². The molecule has 0 fully saturated rings. The number of aliphatic hydroxyl groups is 1. The Labute approximate surface area is 78.8 Å². The summed E-state index contributed by atoms with van der Waals surface area (Å²) in [4.78, 5) is 0. The van der Waals surface area contributed by atoms with Crippen molar-refractivity contribution in [3.63, 3.8) is 0 Å². The maximum atomic E-state index is 9.21. The molecule has 0 radical (unpaired) electrons. The minimum Gasteiger partial charge on any atom is -0.508 e. The average Bonchev–Trinajstić information content (AvgIpc) is 2.21. The molecule has 1 rings (SSSR count). The van der Waals surface area contributed by atoms with Gasteiger partial charge in [0.2, 0.25) is 0 Å². The highest BCUT2D eigenvalue weighted by Crippen LogP contribution is 2.15. The van der Waals surface area contributed by atoms with E-state index in [1.165, 1.54) is 12.1 Å². The van der Waals surface area contributed by atoms with Gasteiger partial charge in [0.15, 0.2) is 0 Å². The van der Waals surface area contributed by atoms with E-state index in [9.17, 15) is 5.11 Å². The number of hydrogen-bond acceptors (Lipinski definition) is 3. The van der Waals surface area contributed by atoms with Gasteiger partial charge in [-0.05, 0) is 17.7 Å². The monoisotopic (exact) mass is 183 g/mol. The second-order valence-corrected chi connectivity index (χ2v) is 2.34. The lowest BCUT2D eigenvalue weighted by atomic mass is 10.1. The largest absolute Gasteiger partial charge is 0.508 e. The second kappa shape index (κ2) is 6.46. The standard InChI is InChI=1S/C8H11NO2.C2H6/c9-5-8(11)6-1-3-7(10)4-2-6;1-2/h1-4,8,10-11H,5,9H2;1-2H3. The summed E-state index contributed by atoms with van der Waals surface area (Å²) in [6.45, 7) is 4.20. The summed E-state index contributed by atoms with van der Waals surface area (Å²) in [5, 5.41) is 18.1. The van der Waals surface area contributed by atoms with Crippen LogP contribution in [0.25, 0.3) is 0 Å². The molecule has 74 valence electrons. The van der Waals surface area contributed by atoms with Gasteiger partial charge < -0.3 is 15.9 Å². The molecule has 0 aliphatic heterocycles. The van der Waals surface area contributed by atoms with Gasteiger partial charge in [0.1, 0.15) is 5.75 Å². The maximum absolute atomic E-state index is 9.21. The molecule has 3 nitrogen and oxygen atoms in total. The predicted octanol–water partition coefficient (Wildman–Crippen LogP) is 1.41. The van der Waals surface area contributed by atoms with Crippen molar-refractivity contribution in [1.29, 1.82) is 0 Å². The number of benzene rings is 1. The lowest BCUT2D eigenvalue weighted by molar-refractivity contribution is 0.186. The third-order valence-electron chi connectivity index (χ3n) is 1.50. The number of nitrogens with two attached hydrogens (primary N) is 1. The minimum atomic E-state index is -0.629. The molecule has 4 N–H and O–H groups in total. The van der Waals surface area contributed by atoms with Crippen molar-refractivity contribution < 1.29 is 10.2 Å². The second-order valence-electron chi connectivity index (χ2n) is 2.34. The van der Waals surface area contributed by atoms with Crippen LogP contribution in [-0.2, 0) is 0 Å². The van der Waals surface area contributed by atoms with Gasteiger partial charge in [-0.1, -0.05) is 26.0 Å². The van der Waals surface area contributed by atoms with Crippen LogP contribution >= 0.6 is 0 Å². The van der Waals surface area contributed by atoms with Crippen LogP contribution in [0.1, 0.15) is 25.5 Å².